The Kier molecular flexibility index (Phi) is 8.45. The second kappa shape index (κ2) is 11.1. The molecule has 1 saturated heterocycles. The average Bonchev–Trinajstić information content (AvgIpc) is 2.80. The Labute approximate surface area is 198 Å². The molecule has 2 amide bonds. The summed E-state index contributed by atoms with van der Waals surface area (Å²) >= 11 is 6.04. The summed E-state index contributed by atoms with van der Waals surface area (Å²) in [6.45, 7) is 2.15. The van der Waals surface area contributed by atoms with E-state index in [-0.39, 0.29) is 29.6 Å². The van der Waals surface area contributed by atoms with Gasteiger partial charge in [0, 0.05) is 30.7 Å². The zero-order valence-electron chi connectivity index (χ0n) is 18.3. The van der Waals surface area contributed by atoms with Crippen molar-refractivity contribution in [3.63, 3.8) is 0 Å². The number of hydrogen-bond donors (Lipinski definition) is 2. The molecular weight excluding hydrogens is 469 g/mol. The van der Waals surface area contributed by atoms with E-state index in [1.54, 1.807) is 24.3 Å². The van der Waals surface area contributed by atoms with Crippen molar-refractivity contribution in [3.05, 3.63) is 64.4 Å². The lowest BCUT2D eigenvalue weighted by Crippen LogP contribution is -2.46. The van der Waals surface area contributed by atoms with Crippen LogP contribution in [-0.4, -0.2) is 43.7 Å². The van der Waals surface area contributed by atoms with E-state index in [9.17, 15) is 22.4 Å². The third-order valence-electron chi connectivity index (χ3n) is 5.68. The fourth-order valence-electron chi connectivity index (χ4n) is 3.82. The second-order valence-corrected chi connectivity index (χ2v) is 10.3. The van der Waals surface area contributed by atoms with Crippen LogP contribution in [0.3, 0.4) is 0 Å². The number of sulfonamides is 1. The van der Waals surface area contributed by atoms with Crippen molar-refractivity contribution in [2.75, 3.05) is 13.1 Å². The fourth-order valence-corrected chi connectivity index (χ4v) is 5.83. The van der Waals surface area contributed by atoms with Gasteiger partial charge in [0.15, 0.2) is 0 Å². The molecule has 178 valence electrons. The molecule has 2 N–H and O–H groups in total. The molecule has 0 saturated carbocycles. The molecule has 1 fully saturated rings. The quantitative estimate of drug-likeness (QED) is 0.577. The van der Waals surface area contributed by atoms with Gasteiger partial charge in [-0.25, -0.2) is 12.8 Å². The molecule has 33 heavy (non-hydrogen) atoms. The second-order valence-electron chi connectivity index (χ2n) is 8.00. The molecule has 1 aliphatic rings. The lowest BCUT2D eigenvalue weighted by molar-refractivity contribution is -0.139. The molecule has 0 radical (unpaired) electrons. The highest BCUT2D eigenvalue weighted by Gasteiger charge is 2.33. The molecule has 0 aromatic heterocycles. The number of aryl methyl sites for hydroxylation is 1. The van der Waals surface area contributed by atoms with Crippen LogP contribution in [-0.2, 0) is 26.2 Å². The van der Waals surface area contributed by atoms with Gasteiger partial charge in [0.2, 0.25) is 10.0 Å². The summed E-state index contributed by atoms with van der Waals surface area (Å²) in [5.74, 6) is -2.04. The number of piperidine rings is 1. The van der Waals surface area contributed by atoms with Gasteiger partial charge < -0.3 is 10.6 Å². The summed E-state index contributed by atoms with van der Waals surface area (Å²) in [4.78, 5) is 24.3. The van der Waals surface area contributed by atoms with E-state index in [0.717, 1.165) is 18.9 Å². The largest absolute Gasteiger partial charge is 0.348 e. The van der Waals surface area contributed by atoms with Crippen molar-refractivity contribution in [1.29, 1.82) is 0 Å². The monoisotopic (exact) mass is 495 g/mol. The lowest BCUT2D eigenvalue weighted by atomic mass is 10.0. The van der Waals surface area contributed by atoms with Crippen LogP contribution in [0.15, 0.2) is 47.4 Å². The molecule has 2 aromatic carbocycles. The van der Waals surface area contributed by atoms with Gasteiger partial charge in [-0.1, -0.05) is 36.2 Å². The normalized spacial score (nSPS) is 16.9. The van der Waals surface area contributed by atoms with Crippen LogP contribution in [0.5, 0.6) is 0 Å². The van der Waals surface area contributed by atoms with Crippen molar-refractivity contribution in [2.45, 2.75) is 50.1 Å². The van der Waals surface area contributed by atoms with Crippen molar-refractivity contribution in [1.82, 2.24) is 14.9 Å². The summed E-state index contributed by atoms with van der Waals surface area (Å²) in [5, 5.41) is 5.57. The molecular formula is C23H27ClFN3O4S. The van der Waals surface area contributed by atoms with E-state index in [1.807, 2.05) is 0 Å². The maximum atomic E-state index is 13.6. The number of benzene rings is 2. The van der Waals surface area contributed by atoms with E-state index in [0.29, 0.717) is 30.0 Å². The van der Waals surface area contributed by atoms with Crippen LogP contribution in [0.2, 0.25) is 5.02 Å². The first-order valence-electron chi connectivity index (χ1n) is 10.8. The fraction of sp³-hybridized carbons (Fsp3) is 0.391. The minimum absolute atomic E-state index is 0.0521. The molecule has 10 heteroatoms. The van der Waals surface area contributed by atoms with Gasteiger partial charge in [-0.15, -0.1) is 0 Å². The van der Waals surface area contributed by atoms with Gasteiger partial charge in [0.05, 0.1) is 4.90 Å². The number of nitrogens with zero attached hydrogens (tertiary/aromatic N) is 1. The van der Waals surface area contributed by atoms with Crippen molar-refractivity contribution in [2.24, 2.45) is 0 Å². The van der Waals surface area contributed by atoms with E-state index in [2.05, 4.69) is 10.6 Å². The summed E-state index contributed by atoms with van der Waals surface area (Å²) < 4.78 is 41.3. The first-order valence-corrected chi connectivity index (χ1v) is 12.6. The summed E-state index contributed by atoms with van der Waals surface area (Å²) in [5.41, 5.74) is 0.958. The molecule has 7 nitrogen and oxygen atoms in total. The van der Waals surface area contributed by atoms with Gasteiger partial charge >= 0.3 is 11.8 Å². The molecule has 1 aliphatic heterocycles. The Morgan fingerprint density at radius 1 is 1.12 bits per heavy atom. The molecule has 1 heterocycles. The standard InChI is InChI=1S/C23H27ClFN3O4S/c1-16-14-19(9-10-21(16)25)33(31,32)28-13-5-4-7-18(28)11-12-26-22(29)23(30)27-15-17-6-2-3-8-20(17)24/h2-3,6,8-10,14,18H,4-5,7,11-13,15H2,1H3,(H,26,29)(H,27,30)/t18-/m0/s1. The molecule has 0 aliphatic carbocycles. The smallest absolute Gasteiger partial charge is 0.309 e. The predicted octanol–water partition coefficient (Wildman–Crippen LogP) is 3.15. The zero-order valence-corrected chi connectivity index (χ0v) is 19.9. The van der Waals surface area contributed by atoms with E-state index in [1.165, 1.54) is 23.4 Å². The number of nitrogens with one attached hydrogen (secondary N) is 2. The van der Waals surface area contributed by atoms with Crippen LogP contribution in [0.4, 0.5) is 4.39 Å². The highest BCUT2D eigenvalue weighted by atomic mass is 35.5. The molecule has 1 atom stereocenters. The third-order valence-corrected chi connectivity index (χ3v) is 7.99. The molecule has 0 spiro atoms. The van der Waals surface area contributed by atoms with E-state index in [4.69, 9.17) is 11.6 Å². The SMILES string of the molecule is Cc1cc(S(=O)(=O)N2CCCC[C@H]2CCNC(=O)C(=O)NCc2ccccc2Cl)ccc1F. The van der Waals surface area contributed by atoms with E-state index < -0.39 is 27.7 Å². The van der Waals surface area contributed by atoms with Gasteiger partial charge in [-0.2, -0.15) is 4.31 Å². The molecule has 3 rings (SSSR count). The predicted molar refractivity (Wildman–Crippen MR) is 124 cm³/mol. The number of carbonyl (C=O) groups is 2. The van der Waals surface area contributed by atoms with Gasteiger partial charge in [-0.05, 0) is 61.6 Å². The molecule has 0 unspecified atom stereocenters. The van der Waals surface area contributed by atoms with Crippen molar-refractivity contribution >= 4 is 33.4 Å². The highest BCUT2D eigenvalue weighted by Crippen LogP contribution is 2.27. The maximum absolute atomic E-state index is 13.6. The number of amides is 2. The molecule has 2 aromatic rings. The average molecular weight is 496 g/mol. The van der Waals surface area contributed by atoms with Gasteiger partial charge in [0.1, 0.15) is 5.82 Å². The topological polar surface area (TPSA) is 95.6 Å². The minimum Gasteiger partial charge on any atom is -0.348 e. The van der Waals surface area contributed by atoms with Crippen LogP contribution in [0.1, 0.15) is 36.8 Å². The first kappa shape index (κ1) is 25.1. The number of rotatable bonds is 7. The summed E-state index contributed by atoms with van der Waals surface area (Å²) in [7, 11) is -3.80. The Balaban J connectivity index is 1.55. The Morgan fingerprint density at radius 3 is 2.58 bits per heavy atom. The lowest BCUT2D eigenvalue weighted by Gasteiger charge is -2.34. The van der Waals surface area contributed by atoms with Crippen LogP contribution >= 0.6 is 11.6 Å². The van der Waals surface area contributed by atoms with Crippen LogP contribution in [0, 0.1) is 12.7 Å². The molecule has 0 bridgehead atoms. The summed E-state index contributed by atoms with van der Waals surface area (Å²) in [6.07, 6.45) is 2.61. The highest BCUT2D eigenvalue weighted by molar-refractivity contribution is 7.89. The number of carbonyl (C=O) groups excluding carboxylic acids is 2. The number of hydrogen-bond acceptors (Lipinski definition) is 4. The summed E-state index contributed by atoms with van der Waals surface area (Å²) in [6, 6.07) is 10.4. The van der Waals surface area contributed by atoms with Gasteiger partial charge in [-0.3, -0.25) is 9.59 Å². The maximum Gasteiger partial charge on any atom is 0.309 e. The van der Waals surface area contributed by atoms with Crippen LogP contribution < -0.4 is 10.6 Å². The van der Waals surface area contributed by atoms with Gasteiger partial charge in [0.25, 0.3) is 0 Å². The van der Waals surface area contributed by atoms with Crippen molar-refractivity contribution < 1.29 is 22.4 Å². The third kappa shape index (κ3) is 6.31. The van der Waals surface area contributed by atoms with E-state index >= 15 is 0 Å². The Bertz CT molecular complexity index is 1130. The van der Waals surface area contributed by atoms with Crippen LogP contribution in [0.25, 0.3) is 0 Å². The van der Waals surface area contributed by atoms with Crippen molar-refractivity contribution in [3.8, 4) is 0 Å². The minimum atomic E-state index is -3.80. The Morgan fingerprint density at radius 2 is 1.85 bits per heavy atom. The Hall–Kier alpha value is -2.49. The number of halogens is 2. The zero-order chi connectivity index (χ0) is 24.0. The first-order chi connectivity index (χ1) is 15.7.